The number of para-hydroxylation sites is 1. The van der Waals surface area contributed by atoms with Crippen LogP contribution in [0.2, 0.25) is 0 Å². The van der Waals surface area contributed by atoms with Crippen LogP contribution in [0.4, 0.5) is 0 Å². The van der Waals surface area contributed by atoms with E-state index in [2.05, 4.69) is 33.9 Å². The Morgan fingerprint density at radius 3 is 2.77 bits per heavy atom. The van der Waals surface area contributed by atoms with Crippen molar-refractivity contribution in [2.75, 3.05) is 20.2 Å². The van der Waals surface area contributed by atoms with Crippen molar-refractivity contribution in [3.63, 3.8) is 0 Å². The second-order valence-electron chi connectivity index (χ2n) is 4.58. The van der Waals surface area contributed by atoms with Crippen LogP contribution >= 0.6 is 35.3 Å². The van der Waals surface area contributed by atoms with Gasteiger partial charge in [-0.15, -0.1) is 35.3 Å². The number of thiophene rings is 1. The molecule has 3 N–H and O–H groups in total. The molecule has 1 aromatic heterocycles. The van der Waals surface area contributed by atoms with E-state index in [1.807, 2.05) is 18.2 Å². The van der Waals surface area contributed by atoms with Crippen LogP contribution in [0, 0.1) is 0 Å². The Morgan fingerprint density at radius 2 is 2.05 bits per heavy atom. The molecule has 0 unspecified atom stereocenters. The quantitative estimate of drug-likeness (QED) is 0.403. The fourth-order valence-corrected chi connectivity index (χ4v) is 2.73. The van der Waals surface area contributed by atoms with Crippen molar-refractivity contribution in [2.24, 2.45) is 10.7 Å². The molecule has 0 saturated heterocycles. The standard InChI is InChI=1S/C16H21N3OS.HI/c1-20-15-7-3-2-5-13(15)8-10-18-16(17)19-11-9-14-6-4-12-21-14;/h2-7,12H,8-11H2,1H3,(H3,17,18,19);1H. The third-order valence-electron chi connectivity index (χ3n) is 3.11. The molecule has 0 radical (unpaired) electrons. The molecule has 0 aliphatic heterocycles. The molecule has 1 aromatic carbocycles. The largest absolute Gasteiger partial charge is 0.496 e. The molecule has 0 atom stereocenters. The summed E-state index contributed by atoms with van der Waals surface area (Å²) >= 11 is 1.75. The van der Waals surface area contributed by atoms with Crippen molar-refractivity contribution >= 4 is 41.3 Å². The van der Waals surface area contributed by atoms with Crippen LogP contribution in [0.15, 0.2) is 46.8 Å². The minimum Gasteiger partial charge on any atom is -0.496 e. The molecule has 1 heterocycles. The average Bonchev–Trinajstić information content (AvgIpc) is 3.01. The van der Waals surface area contributed by atoms with Gasteiger partial charge >= 0.3 is 0 Å². The van der Waals surface area contributed by atoms with E-state index >= 15 is 0 Å². The van der Waals surface area contributed by atoms with E-state index in [1.165, 1.54) is 10.4 Å². The lowest BCUT2D eigenvalue weighted by atomic mass is 10.1. The summed E-state index contributed by atoms with van der Waals surface area (Å²) in [5.41, 5.74) is 7.02. The summed E-state index contributed by atoms with van der Waals surface area (Å²) in [5, 5.41) is 5.22. The van der Waals surface area contributed by atoms with Gasteiger partial charge in [0.15, 0.2) is 5.96 Å². The summed E-state index contributed by atoms with van der Waals surface area (Å²) in [6.07, 6.45) is 1.79. The topological polar surface area (TPSA) is 59.6 Å². The molecule has 0 bridgehead atoms. The van der Waals surface area contributed by atoms with E-state index in [-0.39, 0.29) is 24.0 Å². The summed E-state index contributed by atoms with van der Waals surface area (Å²) in [5.74, 6) is 1.41. The second-order valence-corrected chi connectivity index (χ2v) is 5.62. The van der Waals surface area contributed by atoms with Crippen molar-refractivity contribution in [3.05, 3.63) is 52.2 Å². The van der Waals surface area contributed by atoms with Crippen molar-refractivity contribution in [1.29, 1.82) is 0 Å². The Morgan fingerprint density at radius 1 is 1.23 bits per heavy atom. The highest BCUT2D eigenvalue weighted by Crippen LogP contribution is 2.17. The fraction of sp³-hybridized carbons (Fsp3) is 0.312. The molecule has 0 saturated carbocycles. The first-order valence-corrected chi connectivity index (χ1v) is 7.85. The lowest BCUT2D eigenvalue weighted by Gasteiger charge is -2.09. The lowest BCUT2D eigenvalue weighted by Crippen LogP contribution is -2.33. The molecular weight excluding hydrogens is 409 g/mol. The molecule has 0 amide bonds. The molecule has 2 rings (SSSR count). The molecule has 6 heteroatoms. The number of aliphatic imine (C=N–C) groups is 1. The minimum atomic E-state index is 0. The van der Waals surface area contributed by atoms with Crippen molar-refractivity contribution < 1.29 is 4.74 Å². The van der Waals surface area contributed by atoms with Gasteiger partial charge in [0.25, 0.3) is 0 Å². The van der Waals surface area contributed by atoms with Gasteiger partial charge in [-0.2, -0.15) is 0 Å². The minimum absolute atomic E-state index is 0. The summed E-state index contributed by atoms with van der Waals surface area (Å²) in [6, 6.07) is 12.2. The third kappa shape index (κ3) is 6.23. The van der Waals surface area contributed by atoms with E-state index in [0.717, 1.165) is 25.1 Å². The van der Waals surface area contributed by atoms with Crippen molar-refractivity contribution in [2.45, 2.75) is 12.8 Å². The summed E-state index contributed by atoms with van der Waals surface area (Å²) in [7, 11) is 1.69. The van der Waals surface area contributed by atoms with Gasteiger partial charge < -0.3 is 15.8 Å². The highest BCUT2D eigenvalue weighted by atomic mass is 127. The van der Waals surface area contributed by atoms with Gasteiger partial charge in [-0.1, -0.05) is 24.3 Å². The number of nitrogens with two attached hydrogens (primary N) is 1. The van der Waals surface area contributed by atoms with Crippen molar-refractivity contribution in [1.82, 2.24) is 5.32 Å². The maximum Gasteiger partial charge on any atom is 0.188 e. The first kappa shape index (κ1) is 18.8. The molecule has 0 spiro atoms. The van der Waals surface area contributed by atoms with Gasteiger partial charge in [-0.3, -0.25) is 4.99 Å². The molecular formula is C16H22IN3OS. The maximum absolute atomic E-state index is 5.86. The number of benzene rings is 1. The van der Waals surface area contributed by atoms with E-state index in [4.69, 9.17) is 10.5 Å². The van der Waals surface area contributed by atoms with Crippen LogP contribution in [0.3, 0.4) is 0 Å². The Hall–Kier alpha value is -1.28. The molecule has 0 fully saturated rings. The average molecular weight is 431 g/mol. The predicted octanol–water partition coefficient (Wildman–Crippen LogP) is 3.06. The molecule has 2 aromatic rings. The molecule has 22 heavy (non-hydrogen) atoms. The normalized spacial score (nSPS) is 10.9. The van der Waals surface area contributed by atoms with Gasteiger partial charge in [-0.25, -0.2) is 0 Å². The number of guanidine groups is 1. The van der Waals surface area contributed by atoms with Gasteiger partial charge in [0, 0.05) is 24.4 Å². The zero-order valence-corrected chi connectivity index (χ0v) is 15.8. The van der Waals surface area contributed by atoms with Gasteiger partial charge in [0.1, 0.15) is 5.75 Å². The first-order valence-electron chi connectivity index (χ1n) is 6.97. The lowest BCUT2D eigenvalue weighted by molar-refractivity contribution is 0.409. The highest BCUT2D eigenvalue weighted by Gasteiger charge is 2.01. The molecule has 0 aliphatic rings. The summed E-state index contributed by atoms with van der Waals surface area (Å²) in [4.78, 5) is 5.67. The van der Waals surface area contributed by atoms with Crippen LogP contribution in [0.1, 0.15) is 10.4 Å². The van der Waals surface area contributed by atoms with Crippen LogP contribution in [0.25, 0.3) is 0 Å². The SMILES string of the molecule is COc1ccccc1CCNC(N)=NCCc1cccs1.I. The molecule has 120 valence electrons. The number of halogens is 1. The predicted molar refractivity (Wildman–Crippen MR) is 105 cm³/mol. The Kier molecular flexibility index (Phi) is 8.91. The number of methoxy groups -OCH3 is 1. The monoisotopic (exact) mass is 431 g/mol. The zero-order chi connectivity index (χ0) is 14.9. The van der Waals surface area contributed by atoms with Gasteiger partial charge in [-0.05, 0) is 29.5 Å². The van der Waals surface area contributed by atoms with Crippen LogP contribution in [-0.4, -0.2) is 26.2 Å². The Labute approximate surface area is 152 Å². The summed E-state index contributed by atoms with van der Waals surface area (Å²) < 4.78 is 5.32. The van der Waals surface area contributed by atoms with E-state index in [1.54, 1.807) is 18.4 Å². The molecule has 0 aliphatic carbocycles. The van der Waals surface area contributed by atoms with E-state index in [0.29, 0.717) is 12.5 Å². The highest BCUT2D eigenvalue weighted by molar-refractivity contribution is 14.0. The number of hydrogen-bond donors (Lipinski definition) is 2. The van der Waals surface area contributed by atoms with Gasteiger partial charge in [0.2, 0.25) is 0 Å². The van der Waals surface area contributed by atoms with Crippen LogP contribution in [-0.2, 0) is 12.8 Å². The third-order valence-corrected chi connectivity index (χ3v) is 4.05. The number of rotatable bonds is 7. The van der Waals surface area contributed by atoms with Crippen LogP contribution in [0.5, 0.6) is 5.75 Å². The maximum atomic E-state index is 5.86. The fourth-order valence-electron chi connectivity index (χ4n) is 2.03. The van der Waals surface area contributed by atoms with E-state index in [9.17, 15) is 0 Å². The number of nitrogens with one attached hydrogen (secondary N) is 1. The Bertz CT molecular complexity index is 573. The van der Waals surface area contributed by atoms with Gasteiger partial charge in [0.05, 0.1) is 7.11 Å². The Balaban J connectivity index is 0.00000242. The number of ether oxygens (including phenoxy) is 1. The summed E-state index contributed by atoms with van der Waals surface area (Å²) in [6.45, 7) is 1.46. The number of nitrogens with zero attached hydrogens (tertiary/aromatic N) is 1. The van der Waals surface area contributed by atoms with Crippen molar-refractivity contribution in [3.8, 4) is 5.75 Å². The van der Waals surface area contributed by atoms with Crippen LogP contribution < -0.4 is 15.8 Å². The second kappa shape index (κ2) is 10.4. The molecule has 4 nitrogen and oxygen atoms in total. The number of hydrogen-bond acceptors (Lipinski definition) is 3. The zero-order valence-electron chi connectivity index (χ0n) is 12.6. The smallest absolute Gasteiger partial charge is 0.188 e. The van der Waals surface area contributed by atoms with E-state index < -0.39 is 0 Å². The first-order chi connectivity index (χ1) is 10.3.